The molecule has 0 bridgehead atoms. The van der Waals surface area contributed by atoms with Crippen molar-refractivity contribution >= 4 is 11.9 Å². The SMILES string of the molecule is COc1ccc(CCCC(=O)N2C[C@@H]3COCC[C@]3(C(=O)O)C2)cc1. The number of carboxylic acids is 1. The standard InChI is InChI=1S/C19H25NO5/c1-24-16-7-5-14(6-8-16)3-2-4-17(21)20-11-15-12-25-10-9-19(15,13-20)18(22)23/h5-8,15H,2-4,9-13H2,1H3,(H,22,23)/t15-,19+/m1/s1. The summed E-state index contributed by atoms with van der Waals surface area (Å²) in [7, 11) is 1.64. The van der Waals surface area contributed by atoms with Gasteiger partial charge in [-0.05, 0) is 37.0 Å². The molecule has 2 aliphatic heterocycles. The van der Waals surface area contributed by atoms with Crippen molar-refractivity contribution < 1.29 is 24.2 Å². The van der Waals surface area contributed by atoms with Gasteiger partial charge in [-0.1, -0.05) is 12.1 Å². The summed E-state index contributed by atoms with van der Waals surface area (Å²) in [6.07, 6.45) is 2.50. The van der Waals surface area contributed by atoms with Gasteiger partial charge in [-0.25, -0.2) is 0 Å². The molecule has 1 N–H and O–H groups in total. The number of carbonyl (C=O) groups is 2. The quantitative estimate of drug-likeness (QED) is 0.851. The predicted octanol–water partition coefficient (Wildman–Crippen LogP) is 1.97. The number of aryl methyl sites for hydroxylation is 1. The van der Waals surface area contributed by atoms with E-state index >= 15 is 0 Å². The van der Waals surface area contributed by atoms with Gasteiger partial charge in [-0.2, -0.15) is 0 Å². The monoisotopic (exact) mass is 347 g/mol. The fourth-order valence-corrected chi connectivity index (χ4v) is 3.88. The largest absolute Gasteiger partial charge is 0.497 e. The third-order valence-electron chi connectivity index (χ3n) is 5.50. The van der Waals surface area contributed by atoms with E-state index in [9.17, 15) is 14.7 Å². The Hall–Kier alpha value is -2.08. The van der Waals surface area contributed by atoms with Crippen molar-refractivity contribution in [2.24, 2.45) is 11.3 Å². The normalized spacial score (nSPS) is 25.5. The smallest absolute Gasteiger partial charge is 0.311 e. The summed E-state index contributed by atoms with van der Waals surface area (Å²) in [5.41, 5.74) is 0.350. The van der Waals surface area contributed by atoms with Crippen LogP contribution in [0.2, 0.25) is 0 Å². The van der Waals surface area contributed by atoms with Crippen LogP contribution in [0.1, 0.15) is 24.8 Å². The summed E-state index contributed by atoms with van der Waals surface area (Å²) in [5.74, 6) is -0.0251. The van der Waals surface area contributed by atoms with Crippen molar-refractivity contribution in [1.29, 1.82) is 0 Å². The molecule has 1 aromatic carbocycles. The number of nitrogens with zero attached hydrogens (tertiary/aromatic N) is 1. The Morgan fingerprint density at radius 1 is 1.36 bits per heavy atom. The average molecular weight is 347 g/mol. The summed E-state index contributed by atoms with van der Waals surface area (Å²) in [5, 5.41) is 9.66. The number of carbonyl (C=O) groups excluding carboxylic acids is 1. The van der Waals surface area contributed by atoms with E-state index in [0.29, 0.717) is 39.1 Å². The molecule has 3 rings (SSSR count). The van der Waals surface area contributed by atoms with Gasteiger partial charge >= 0.3 is 5.97 Å². The van der Waals surface area contributed by atoms with Crippen molar-refractivity contribution in [3.8, 4) is 5.75 Å². The number of hydrogen-bond acceptors (Lipinski definition) is 4. The van der Waals surface area contributed by atoms with Gasteiger partial charge in [0.15, 0.2) is 0 Å². The van der Waals surface area contributed by atoms with Crippen LogP contribution in [0, 0.1) is 11.3 Å². The molecule has 1 aromatic rings. The van der Waals surface area contributed by atoms with Crippen LogP contribution in [-0.4, -0.2) is 55.3 Å². The minimum atomic E-state index is -0.816. The average Bonchev–Trinajstić information content (AvgIpc) is 3.03. The van der Waals surface area contributed by atoms with Crippen LogP contribution in [0.4, 0.5) is 0 Å². The van der Waals surface area contributed by atoms with Crippen LogP contribution < -0.4 is 4.74 Å². The van der Waals surface area contributed by atoms with Crippen LogP contribution in [0.15, 0.2) is 24.3 Å². The topological polar surface area (TPSA) is 76.1 Å². The van der Waals surface area contributed by atoms with Crippen LogP contribution in [0.5, 0.6) is 5.75 Å². The van der Waals surface area contributed by atoms with E-state index < -0.39 is 11.4 Å². The van der Waals surface area contributed by atoms with Crippen molar-refractivity contribution in [2.75, 3.05) is 33.4 Å². The molecule has 2 fully saturated rings. The maximum atomic E-state index is 12.5. The molecular weight excluding hydrogens is 322 g/mol. The van der Waals surface area contributed by atoms with E-state index in [2.05, 4.69) is 0 Å². The number of aliphatic carboxylic acids is 1. The first-order valence-corrected chi connectivity index (χ1v) is 8.77. The van der Waals surface area contributed by atoms with E-state index in [1.165, 1.54) is 5.56 Å². The maximum Gasteiger partial charge on any atom is 0.311 e. The van der Waals surface area contributed by atoms with Crippen molar-refractivity contribution in [1.82, 2.24) is 4.90 Å². The van der Waals surface area contributed by atoms with Gasteiger partial charge in [0, 0.05) is 32.0 Å². The second-order valence-electron chi connectivity index (χ2n) is 6.96. The fourth-order valence-electron chi connectivity index (χ4n) is 3.88. The third kappa shape index (κ3) is 3.63. The zero-order valence-electron chi connectivity index (χ0n) is 14.6. The molecule has 1 amide bonds. The van der Waals surface area contributed by atoms with Gasteiger partial charge in [0.1, 0.15) is 5.75 Å². The van der Waals surface area contributed by atoms with Crippen LogP contribution in [0.25, 0.3) is 0 Å². The predicted molar refractivity (Wildman–Crippen MR) is 91.5 cm³/mol. The van der Waals surface area contributed by atoms with Gasteiger partial charge in [0.2, 0.25) is 5.91 Å². The lowest BCUT2D eigenvalue weighted by Crippen LogP contribution is -2.45. The number of ether oxygens (including phenoxy) is 2. The molecule has 25 heavy (non-hydrogen) atoms. The molecule has 6 heteroatoms. The molecule has 2 atom stereocenters. The summed E-state index contributed by atoms with van der Waals surface area (Å²) in [6, 6.07) is 7.84. The number of carboxylic acid groups (broad SMARTS) is 1. The molecule has 0 unspecified atom stereocenters. The van der Waals surface area contributed by atoms with E-state index in [4.69, 9.17) is 9.47 Å². The first-order valence-electron chi connectivity index (χ1n) is 8.77. The summed E-state index contributed by atoms with van der Waals surface area (Å²) >= 11 is 0. The van der Waals surface area contributed by atoms with Gasteiger partial charge in [-0.15, -0.1) is 0 Å². The van der Waals surface area contributed by atoms with Crippen LogP contribution >= 0.6 is 0 Å². The number of methoxy groups -OCH3 is 1. The highest BCUT2D eigenvalue weighted by Gasteiger charge is 2.54. The molecule has 136 valence electrons. The summed E-state index contributed by atoms with van der Waals surface area (Å²) < 4.78 is 10.6. The first kappa shape index (κ1) is 17.7. The molecule has 2 heterocycles. The number of amides is 1. The van der Waals surface area contributed by atoms with Gasteiger partial charge in [-0.3, -0.25) is 9.59 Å². The van der Waals surface area contributed by atoms with E-state index in [1.54, 1.807) is 12.0 Å². The Labute approximate surface area is 147 Å². The van der Waals surface area contributed by atoms with Gasteiger partial charge < -0.3 is 19.5 Å². The number of hydrogen-bond donors (Lipinski definition) is 1. The minimum Gasteiger partial charge on any atom is -0.497 e. The Morgan fingerprint density at radius 2 is 2.12 bits per heavy atom. The molecule has 2 aliphatic rings. The molecule has 0 saturated carbocycles. The van der Waals surface area contributed by atoms with Crippen molar-refractivity contribution in [3.05, 3.63) is 29.8 Å². The Morgan fingerprint density at radius 3 is 2.76 bits per heavy atom. The summed E-state index contributed by atoms with van der Waals surface area (Å²) in [4.78, 5) is 26.0. The lowest BCUT2D eigenvalue weighted by Gasteiger charge is -2.33. The number of rotatable bonds is 6. The molecule has 0 aromatic heterocycles. The molecular formula is C19H25NO5. The lowest BCUT2D eigenvalue weighted by molar-refractivity contribution is -0.157. The van der Waals surface area contributed by atoms with Crippen LogP contribution in [-0.2, 0) is 20.7 Å². The lowest BCUT2D eigenvalue weighted by atomic mass is 9.74. The number of fused-ring (bicyclic) bond motifs is 1. The highest BCUT2D eigenvalue weighted by Crippen LogP contribution is 2.42. The van der Waals surface area contributed by atoms with Crippen LogP contribution in [0.3, 0.4) is 0 Å². The van der Waals surface area contributed by atoms with Crippen molar-refractivity contribution in [3.63, 3.8) is 0 Å². The highest BCUT2D eigenvalue weighted by atomic mass is 16.5. The Bertz CT molecular complexity index is 629. The summed E-state index contributed by atoms with van der Waals surface area (Å²) in [6.45, 7) is 1.70. The Kier molecular flexibility index (Phi) is 5.27. The highest BCUT2D eigenvalue weighted by molar-refractivity contribution is 5.81. The van der Waals surface area contributed by atoms with Gasteiger partial charge in [0.05, 0.1) is 19.1 Å². The van der Waals surface area contributed by atoms with Crippen molar-refractivity contribution in [2.45, 2.75) is 25.7 Å². The number of benzene rings is 1. The van der Waals surface area contributed by atoms with Gasteiger partial charge in [0.25, 0.3) is 0 Å². The van der Waals surface area contributed by atoms with E-state index in [0.717, 1.165) is 18.6 Å². The van der Waals surface area contributed by atoms with E-state index in [1.807, 2.05) is 24.3 Å². The molecule has 2 saturated heterocycles. The second kappa shape index (κ2) is 7.44. The molecule has 0 aliphatic carbocycles. The number of likely N-dealkylation sites (tertiary alicyclic amines) is 1. The second-order valence-corrected chi connectivity index (χ2v) is 6.96. The Balaban J connectivity index is 1.52. The zero-order chi connectivity index (χ0) is 17.9. The molecule has 0 radical (unpaired) electrons. The maximum absolute atomic E-state index is 12.5. The van der Waals surface area contributed by atoms with E-state index in [-0.39, 0.29) is 11.8 Å². The first-order chi connectivity index (χ1) is 12.0. The molecule has 6 nitrogen and oxygen atoms in total. The minimum absolute atomic E-state index is 0.0449. The zero-order valence-corrected chi connectivity index (χ0v) is 14.6. The fraction of sp³-hybridized carbons (Fsp3) is 0.579. The molecule has 0 spiro atoms. The third-order valence-corrected chi connectivity index (χ3v) is 5.50.